The Hall–Kier alpha value is -1.81. The van der Waals surface area contributed by atoms with Crippen LogP contribution in [-0.2, 0) is 4.74 Å². The lowest BCUT2D eigenvalue weighted by atomic mass is 10.1. The first kappa shape index (κ1) is 11.3. The van der Waals surface area contributed by atoms with E-state index < -0.39 is 0 Å². The molecule has 0 amide bonds. The SMILES string of the molecule is CNc1cccc2c(N3CCOCC3)nccc12. The molecule has 1 saturated heterocycles. The van der Waals surface area contributed by atoms with Crippen LogP contribution in [0, 0.1) is 0 Å². The first-order valence-electron chi connectivity index (χ1n) is 6.28. The molecule has 1 aromatic carbocycles. The zero-order valence-electron chi connectivity index (χ0n) is 10.5. The standard InChI is InChI=1S/C14H17N3O/c1-15-13-4-2-3-12-11(13)5-6-16-14(12)17-7-9-18-10-8-17/h2-6,15H,7-10H2,1H3. The summed E-state index contributed by atoms with van der Waals surface area (Å²) in [5, 5.41) is 5.65. The van der Waals surface area contributed by atoms with Gasteiger partial charge in [0.05, 0.1) is 13.2 Å². The minimum absolute atomic E-state index is 0.782. The topological polar surface area (TPSA) is 37.4 Å². The third-order valence-electron chi connectivity index (χ3n) is 3.37. The Morgan fingerprint density at radius 3 is 2.78 bits per heavy atom. The Kier molecular flexibility index (Phi) is 3.02. The lowest BCUT2D eigenvalue weighted by Gasteiger charge is -2.28. The van der Waals surface area contributed by atoms with E-state index in [0.29, 0.717) is 0 Å². The summed E-state index contributed by atoms with van der Waals surface area (Å²) in [4.78, 5) is 6.85. The van der Waals surface area contributed by atoms with Crippen molar-refractivity contribution in [2.24, 2.45) is 0 Å². The number of ether oxygens (including phenoxy) is 1. The highest BCUT2D eigenvalue weighted by atomic mass is 16.5. The maximum absolute atomic E-state index is 5.40. The number of fused-ring (bicyclic) bond motifs is 1. The number of rotatable bonds is 2. The van der Waals surface area contributed by atoms with Crippen molar-refractivity contribution in [3.8, 4) is 0 Å². The predicted molar refractivity (Wildman–Crippen MR) is 74.3 cm³/mol. The third-order valence-corrected chi connectivity index (χ3v) is 3.37. The molecule has 0 atom stereocenters. The van der Waals surface area contributed by atoms with Crippen LogP contribution in [0.15, 0.2) is 30.5 Å². The molecular formula is C14H17N3O. The van der Waals surface area contributed by atoms with E-state index in [2.05, 4.69) is 39.5 Å². The van der Waals surface area contributed by atoms with Crippen molar-refractivity contribution in [2.75, 3.05) is 43.6 Å². The van der Waals surface area contributed by atoms with Crippen LogP contribution in [0.2, 0.25) is 0 Å². The number of pyridine rings is 1. The molecule has 18 heavy (non-hydrogen) atoms. The Morgan fingerprint density at radius 1 is 1.17 bits per heavy atom. The molecule has 0 aliphatic carbocycles. The van der Waals surface area contributed by atoms with Gasteiger partial charge in [0.25, 0.3) is 0 Å². The maximum Gasteiger partial charge on any atom is 0.136 e. The molecule has 0 radical (unpaired) electrons. The number of hydrogen-bond donors (Lipinski definition) is 1. The summed E-state index contributed by atoms with van der Waals surface area (Å²) < 4.78 is 5.40. The molecule has 94 valence electrons. The van der Waals surface area contributed by atoms with Gasteiger partial charge in [-0.15, -0.1) is 0 Å². The van der Waals surface area contributed by atoms with Crippen molar-refractivity contribution in [3.05, 3.63) is 30.5 Å². The van der Waals surface area contributed by atoms with Gasteiger partial charge in [0.15, 0.2) is 0 Å². The van der Waals surface area contributed by atoms with E-state index in [1.807, 2.05) is 13.2 Å². The van der Waals surface area contributed by atoms with E-state index in [-0.39, 0.29) is 0 Å². The monoisotopic (exact) mass is 243 g/mol. The van der Waals surface area contributed by atoms with E-state index >= 15 is 0 Å². The average molecular weight is 243 g/mol. The average Bonchev–Trinajstić information content (AvgIpc) is 2.47. The maximum atomic E-state index is 5.40. The Balaban J connectivity index is 2.11. The van der Waals surface area contributed by atoms with Crippen molar-refractivity contribution in [1.29, 1.82) is 0 Å². The fraction of sp³-hybridized carbons (Fsp3) is 0.357. The largest absolute Gasteiger partial charge is 0.388 e. The molecule has 4 heteroatoms. The number of morpholine rings is 1. The molecule has 1 aliphatic heterocycles. The van der Waals surface area contributed by atoms with Crippen LogP contribution < -0.4 is 10.2 Å². The first-order chi connectivity index (χ1) is 8.90. The zero-order valence-corrected chi connectivity index (χ0v) is 10.5. The van der Waals surface area contributed by atoms with Gasteiger partial charge in [-0.25, -0.2) is 4.98 Å². The molecule has 1 N–H and O–H groups in total. The van der Waals surface area contributed by atoms with Crippen LogP contribution in [0.3, 0.4) is 0 Å². The first-order valence-corrected chi connectivity index (χ1v) is 6.28. The molecule has 4 nitrogen and oxygen atoms in total. The number of hydrogen-bond acceptors (Lipinski definition) is 4. The van der Waals surface area contributed by atoms with Gasteiger partial charge in [-0.05, 0) is 12.1 Å². The second-order valence-corrected chi connectivity index (χ2v) is 4.38. The van der Waals surface area contributed by atoms with Crippen LogP contribution in [0.5, 0.6) is 0 Å². The van der Waals surface area contributed by atoms with Crippen LogP contribution in [0.1, 0.15) is 0 Å². The summed E-state index contributed by atoms with van der Waals surface area (Å²) in [6, 6.07) is 8.35. The molecule has 1 fully saturated rings. The van der Waals surface area contributed by atoms with E-state index in [9.17, 15) is 0 Å². The quantitative estimate of drug-likeness (QED) is 0.876. The second kappa shape index (κ2) is 4.82. The Morgan fingerprint density at radius 2 is 2.00 bits per heavy atom. The number of nitrogens with zero attached hydrogens (tertiary/aromatic N) is 2. The van der Waals surface area contributed by atoms with Crippen molar-refractivity contribution in [2.45, 2.75) is 0 Å². The molecule has 2 heterocycles. The van der Waals surface area contributed by atoms with Crippen molar-refractivity contribution < 1.29 is 4.74 Å². The minimum Gasteiger partial charge on any atom is -0.388 e. The Bertz CT molecular complexity index is 550. The third kappa shape index (κ3) is 1.88. The summed E-state index contributed by atoms with van der Waals surface area (Å²) in [6.45, 7) is 3.39. The van der Waals surface area contributed by atoms with Gasteiger partial charge in [0.2, 0.25) is 0 Å². The molecule has 2 aromatic rings. The van der Waals surface area contributed by atoms with E-state index in [0.717, 1.165) is 37.8 Å². The molecule has 1 aliphatic rings. The van der Waals surface area contributed by atoms with Crippen molar-refractivity contribution >= 4 is 22.3 Å². The molecular weight excluding hydrogens is 226 g/mol. The normalized spacial score (nSPS) is 15.9. The molecule has 1 aromatic heterocycles. The molecule has 0 unspecified atom stereocenters. The lowest BCUT2D eigenvalue weighted by molar-refractivity contribution is 0.122. The minimum atomic E-state index is 0.782. The Labute approximate surface area is 107 Å². The molecule has 0 spiro atoms. The van der Waals surface area contributed by atoms with E-state index in [1.165, 1.54) is 10.8 Å². The fourth-order valence-electron chi connectivity index (χ4n) is 2.44. The van der Waals surface area contributed by atoms with Gasteiger partial charge < -0.3 is 15.0 Å². The van der Waals surface area contributed by atoms with Gasteiger partial charge in [0.1, 0.15) is 5.82 Å². The van der Waals surface area contributed by atoms with Crippen LogP contribution in [0.4, 0.5) is 11.5 Å². The highest BCUT2D eigenvalue weighted by Gasteiger charge is 2.15. The number of anilines is 2. The van der Waals surface area contributed by atoms with Crippen molar-refractivity contribution in [3.63, 3.8) is 0 Å². The van der Waals surface area contributed by atoms with Gasteiger partial charge in [-0.2, -0.15) is 0 Å². The number of benzene rings is 1. The van der Waals surface area contributed by atoms with E-state index in [4.69, 9.17) is 4.74 Å². The van der Waals surface area contributed by atoms with Crippen LogP contribution in [-0.4, -0.2) is 38.3 Å². The molecule has 0 saturated carbocycles. The highest BCUT2D eigenvalue weighted by Crippen LogP contribution is 2.29. The molecule has 3 rings (SSSR count). The van der Waals surface area contributed by atoms with Gasteiger partial charge in [-0.1, -0.05) is 12.1 Å². The smallest absolute Gasteiger partial charge is 0.136 e. The van der Waals surface area contributed by atoms with Gasteiger partial charge >= 0.3 is 0 Å². The summed E-state index contributed by atoms with van der Waals surface area (Å²) in [5.41, 5.74) is 1.14. The van der Waals surface area contributed by atoms with Crippen molar-refractivity contribution in [1.82, 2.24) is 4.98 Å². The van der Waals surface area contributed by atoms with Gasteiger partial charge in [0, 0.05) is 42.8 Å². The summed E-state index contributed by atoms with van der Waals surface area (Å²) in [7, 11) is 1.95. The predicted octanol–water partition coefficient (Wildman–Crippen LogP) is 2.11. The summed E-state index contributed by atoms with van der Waals surface area (Å²) in [6.07, 6.45) is 1.88. The second-order valence-electron chi connectivity index (χ2n) is 4.38. The van der Waals surface area contributed by atoms with Crippen LogP contribution >= 0.6 is 0 Å². The summed E-state index contributed by atoms with van der Waals surface area (Å²) in [5.74, 6) is 1.06. The molecule has 0 bridgehead atoms. The summed E-state index contributed by atoms with van der Waals surface area (Å²) >= 11 is 0. The highest BCUT2D eigenvalue weighted by molar-refractivity contribution is 6.00. The number of aromatic nitrogens is 1. The van der Waals surface area contributed by atoms with Crippen LogP contribution in [0.25, 0.3) is 10.8 Å². The lowest BCUT2D eigenvalue weighted by Crippen LogP contribution is -2.36. The fourth-order valence-corrected chi connectivity index (χ4v) is 2.44. The van der Waals surface area contributed by atoms with E-state index in [1.54, 1.807) is 0 Å². The van der Waals surface area contributed by atoms with Gasteiger partial charge in [-0.3, -0.25) is 0 Å². The zero-order chi connectivity index (χ0) is 12.4. The number of nitrogens with one attached hydrogen (secondary N) is 1.